The highest BCUT2D eigenvalue weighted by Gasteiger charge is 2.18. The van der Waals surface area contributed by atoms with E-state index in [0.717, 1.165) is 53.6 Å². The third-order valence-corrected chi connectivity index (χ3v) is 5.48. The van der Waals surface area contributed by atoms with Crippen molar-refractivity contribution in [2.75, 3.05) is 13.1 Å². The Kier molecular flexibility index (Phi) is 4.70. The number of benzene rings is 1. The summed E-state index contributed by atoms with van der Waals surface area (Å²) in [5.41, 5.74) is 2.76. The number of amides is 1. The number of thioether (sulfide) groups is 1. The van der Waals surface area contributed by atoms with E-state index in [0.29, 0.717) is 0 Å². The van der Waals surface area contributed by atoms with Gasteiger partial charge in [0, 0.05) is 30.6 Å². The van der Waals surface area contributed by atoms with E-state index >= 15 is 0 Å². The first kappa shape index (κ1) is 16.1. The maximum atomic E-state index is 12.7. The lowest BCUT2D eigenvalue weighted by molar-refractivity contribution is 0.0724. The minimum absolute atomic E-state index is 0.152. The maximum absolute atomic E-state index is 12.7. The number of fused-ring (bicyclic) bond motifs is 1. The van der Waals surface area contributed by atoms with Crippen molar-refractivity contribution in [1.29, 1.82) is 0 Å². The van der Waals surface area contributed by atoms with Crippen LogP contribution in [0, 0.1) is 0 Å². The highest BCUT2D eigenvalue weighted by molar-refractivity contribution is 7.98. The van der Waals surface area contributed by atoms with Crippen LogP contribution in [-0.4, -0.2) is 38.5 Å². The van der Waals surface area contributed by atoms with Gasteiger partial charge in [0.2, 0.25) is 0 Å². The fraction of sp³-hybridized carbons (Fsp3) is 0.316. The molecule has 3 heterocycles. The van der Waals surface area contributed by atoms with Crippen LogP contribution >= 0.6 is 11.8 Å². The zero-order chi connectivity index (χ0) is 17.1. The molecule has 1 aromatic carbocycles. The van der Waals surface area contributed by atoms with Crippen molar-refractivity contribution < 1.29 is 4.79 Å². The quantitative estimate of drug-likeness (QED) is 0.673. The Morgan fingerprint density at radius 1 is 1.04 bits per heavy atom. The van der Waals surface area contributed by atoms with Gasteiger partial charge in [-0.05, 0) is 49.1 Å². The van der Waals surface area contributed by atoms with Crippen LogP contribution in [0.15, 0.2) is 53.8 Å². The molecule has 5 nitrogen and oxygen atoms in total. The van der Waals surface area contributed by atoms with Gasteiger partial charge in [0.05, 0.1) is 0 Å². The van der Waals surface area contributed by atoms with Crippen molar-refractivity contribution in [2.45, 2.75) is 30.2 Å². The summed E-state index contributed by atoms with van der Waals surface area (Å²) in [6.07, 6.45) is 5.42. The molecule has 128 valence electrons. The molecule has 1 fully saturated rings. The second-order valence-electron chi connectivity index (χ2n) is 6.25. The number of piperidine rings is 1. The molecule has 1 aliphatic heterocycles. The fourth-order valence-corrected chi connectivity index (χ4v) is 4.01. The molecule has 2 aromatic heterocycles. The van der Waals surface area contributed by atoms with E-state index in [1.54, 1.807) is 11.8 Å². The van der Waals surface area contributed by atoms with Gasteiger partial charge in [-0.15, -0.1) is 10.2 Å². The Morgan fingerprint density at radius 2 is 1.92 bits per heavy atom. The smallest absolute Gasteiger partial charge is 0.253 e. The van der Waals surface area contributed by atoms with Gasteiger partial charge in [0.1, 0.15) is 0 Å². The van der Waals surface area contributed by atoms with Crippen molar-refractivity contribution in [3.63, 3.8) is 0 Å². The molecule has 0 atom stereocenters. The SMILES string of the molecule is O=C(c1cccc(CSc2nnc3ccccn23)c1)N1CCCCC1. The Bertz CT molecular complexity index is 886. The molecule has 0 bridgehead atoms. The predicted octanol–water partition coefficient (Wildman–Crippen LogP) is 3.65. The van der Waals surface area contributed by atoms with Gasteiger partial charge in [-0.2, -0.15) is 0 Å². The Morgan fingerprint density at radius 3 is 2.80 bits per heavy atom. The van der Waals surface area contributed by atoms with E-state index in [4.69, 9.17) is 0 Å². The average Bonchev–Trinajstić information content (AvgIpc) is 3.10. The Balaban J connectivity index is 1.47. The number of rotatable bonds is 4. The molecule has 3 aromatic rings. The Hall–Kier alpha value is -2.34. The minimum Gasteiger partial charge on any atom is -0.339 e. The molecule has 1 saturated heterocycles. The molecular weight excluding hydrogens is 332 g/mol. The van der Waals surface area contributed by atoms with Crippen LogP contribution in [0.2, 0.25) is 0 Å². The number of carbonyl (C=O) groups excluding carboxylic acids is 1. The van der Waals surface area contributed by atoms with E-state index < -0.39 is 0 Å². The predicted molar refractivity (Wildman–Crippen MR) is 98.7 cm³/mol. The topological polar surface area (TPSA) is 50.5 Å². The standard InChI is InChI=1S/C19H20N4OS/c24-18(22-10-3-1-4-11-22)16-8-6-7-15(13-16)14-25-19-21-20-17-9-2-5-12-23(17)19/h2,5-9,12-13H,1,3-4,10-11,14H2. The van der Waals surface area contributed by atoms with Crippen molar-refractivity contribution >= 4 is 23.3 Å². The van der Waals surface area contributed by atoms with Gasteiger partial charge in [0.15, 0.2) is 10.8 Å². The summed E-state index contributed by atoms with van der Waals surface area (Å²) in [5.74, 6) is 0.913. The van der Waals surface area contributed by atoms with Crippen LogP contribution in [0.5, 0.6) is 0 Å². The van der Waals surface area contributed by atoms with Crippen LogP contribution in [0.1, 0.15) is 35.2 Å². The van der Waals surface area contributed by atoms with Crippen LogP contribution in [0.4, 0.5) is 0 Å². The molecule has 0 spiro atoms. The normalized spacial score (nSPS) is 14.8. The van der Waals surface area contributed by atoms with Crippen LogP contribution < -0.4 is 0 Å². The third-order valence-electron chi connectivity index (χ3n) is 4.47. The summed E-state index contributed by atoms with van der Waals surface area (Å²) >= 11 is 1.63. The molecule has 0 aliphatic carbocycles. The summed E-state index contributed by atoms with van der Waals surface area (Å²) < 4.78 is 1.98. The van der Waals surface area contributed by atoms with Gasteiger partial charge in [-0.25, -0.2) is 0 Å². The second kappa shape index (κ2) is 7.27. The number of hydrogen-bond donors (Lipinski definition) is 0. The number of likely N-dealkylation sites (tertiary alicyclic amines) is 1. The van der Waals surface area contributed by atoms with Gasteiger partial charge < -0.3 is 4.90 Å². The zero-order valence-electron chi connectivity index (χ0n) is 14.0. The van der Waals surface area contributed by atoms with Gasteiger partial charge >= 0.3 is 0 Å². The largest absolute Gasteiger partial charge is 0.339 e. The minimum atomic E-state index is 0.152. The third kappa shape index (κ3) is 3.54. The van der Waals surface area contributed by atoms with E-state index in [9.17, 15) is 4.79 Å². The first-order valence-electron chi connectivity index (χ1n) is 8.62. The van der Waals surface area contributed by atoms with Crippen LogP contribution in [0.3, 0.4) is 0 Å². The molecule has 0 radical (unpaired) electrons. The summed E-state index contributed by atoms with van der Waals surface area (Å²) in [6, 6.07) is 13.8. The molecule has 25 heavy (non-hydrogen) atoms. The van der Waals surface area contributed by atoms with Gasteiger partial charge in [0.25, 0.3) is 5.91 Å². The highest BCUT2D eigenvalue weighted by Crippen LogP contribution is 2.23. The fourth-order valence-electron chi connectivity index (χ4n) is 3.14. The van der Waals surface area contributed by atoms with E-state index in [-0.39, 0.29) is 5.91 Å². The molecule has 0 saturated carbocycles. The lowest BCUT2D eigenvalue weighted by Crippen LogP contribution is -2.35. The molecular formula is C19H20N4OS. The Labute approximate surface area is 151 Å². The molecule has 4 rings (SSSR count). The number of pyridine rings is 1. The maximum Gasteiger partial charge on any atom is 0.253 e. The monoisotopic (exact) mass is 352 g/mol. The molecule has 0 unspecified atom stereocenters. The van der Waals surface area contributed by atoms with Crippen molar-refractivity contribution in [3.05, 3.63) is 59.8 Å². The number of carbonyl (C=O) groups is 1. The zero-order valence-corrected chi connectivity index (χ0v) is 14.8. The number of hydrogen-bond acceptors (Lipinski definition) is 4. The first-order chi connectivity index (χ1) is 12.3. The first-order valence-corrected chi connectivity index (χ1v) is 9.60. The van der Waals surface area contributed by atoms with E-state index in [2.05, 4.69) is 16.3 Å². The lowest BCUT2D eigenvalue weighted by Gasteiger charge is -2.26. The van der Waals surface area contributed by atoms with E-state index in [1.807, 2.05) is 51.9 Å². The second-order valence-corrected chi connectivity index (χ2v) is 7.20. The highest BCUT2D eigenvalue weighted by atomic mass is 32.2. The summed E-state index contributed by atoms with van der Waals surface area (Å²) in [4.78, 5) is 14.6. The van der Waals surface area contributed by atoms with Crippen LogP contribution in [-0.2, 0) is 5.75 Å². The van der Waals surface area contributed by atoms with Gasteiger partial charge in [-0.3, -0.25) is 9.20 Å². The summed E-state index contributed by atoms with van der Waals surface area (Å²) in [5, 5.41) is 9.28. The summed E-state index contributed by atoms with van der Waals surface area (Å²) in [6.45, 7) is 1.76. The molecule has 1 aliphatic rings. The number of nitrogens with zero attached hydrogens (tertiary/aromatic N) is 4. The van der Waals surface area contributed by atoms with Crippen molar-refractivity contribution in [2.24, 2.45) is 0 Å². The van der Waals surface area contributed by atoms with Gasteiger partial charge in [-0.1, -0.05) is 30.0 Å². The molecule has 0 N–H and O–H groups in total. The number of aromatic nitrogens is 3. The van der Waals surface area contributed by atoms with Crippen molar-refractivity contribution in [3.8, 4) is 0 Å². The molecule has 6 heteroatoms. The van der Waals surface area contributed by atoms with Crippen molar-refractivity contribution in [1.82, 2.24) is 19.5 Å². The molecule has 1 amide bonds. The van der Waals surface area contributed by atoms with E-state index in [1.165, 1.54) is 6.42 Å². The summed E-state index contributed by atoms with van der Waals surface area (Å²) in [7, 11) is 0. The average molecular weight is 352 g/mol. The van der Waals surface area contributed by atoms with Crippen LogP contribution in [0.25, 0.3) is 5.65 Å². The lowest BCUT2D eigenvalue weighted by atomic mass is 10.1.